The molecule has 0 spiro atoms. The lowest BCUT2D eigenvalue weighted by Gasteiger charge is -2.04. The standard InChI is InChI=1S/C13H14N4S/c1-9-4-6-11(7-5-9)12-15-16-13(17(12)3)18-10(2)8-14/h4-7,10H,1-3H3. The Bertz CT molecular complexity index is 580. The number of rotatable bonds is 3. The van der Waals surface area contributed by atoms with Crippen molar-refractivity contribution >= 4 is 11.8 Å². The first kappa shape index (κ1) is 12.7. The maximum Gasteiger partial charge on any atom is 0.192 e. The zero-order valence-corrected chi connectivity index (χ0v) is 11.4. The van der Waals surface area contributed by atoms with Crippen molar-refractivity contribution in [2.75, 3.05) is 0 Å². The Balaban J connectivity index is 2.31. The van der Waals surface area contributed by atoms with Crippen LogP contribution in [0.15, 0.2) is 29.4 Å². The molecule has 0 saturated heterocycles. The van der Waals surface area contributed by atoms with Crippen LogP contribution >= 0.6 is 11.8 Å². The van der Waals surface area contributed by atoms with Crippen molar-refractivity contribution in [2.45, 2.75) is 24.3 Å². The maximum absolute atomic E-state index is 8.81. The fourth-order valence-electron chi connectivity index (χ4n) is 1.56. The van der Waals surface area contributed by atoms with Gasteiger partial charge in [-0.3, -0.25) is 0 Å². The second kappa shape index (κ2) is 5.23. The summed E-state index contributed by atoms with van der Waals surface area (Å²) in [7, 11) is 1.92. The number of nitriles is 1. The summed E-state index contributed by atoms with van der Waals surface area (Å²) < 4.78 is 1.92. The summed E-state index contributed by atoms with van der Waals surface area (Å²) in [5, 5.41) is 17.8. The molecule has 2 aromatic rings. The van der Waals surface area contributed by atoms with E-state index in [2.05, 4.69) is 35.3 Å². The largest absolute Gasteiger partial charge is 0.305 e. The molecule has 1 heterocycles. The molecule has 1 atom stereocenters. The highest BCUT2D eigenvalue weighted by molar-refractivity contribution is 8.00. The smallest absolute Gasteiger partial charge is 0.192 e. The second-order valence-electron chi connectivity index (χ2n) is 4.12. The lowest BCUT2D eigenvalue weighted by molar-refractivity contribution is 0.792. The summed E-state index contributed by atoms with van der Waals surface area (Å²) in [6.45, 7) is 3.90. The first-order chi connectivity index (χ1) is 8.61. The van der Waals surface area contributed by atoms with E-state index in [0.717, 1.165) is 16.5 Å². The molecule has 92 valence electrons. The van der Waals surface area contributed by atoms with E-state index in [0.29, 0.717) is 0 Å². The van der Waals surface area contributed by atoms with E-state index in [1.165, 1.54) is 17.3 Å². The summed E-state index contributed by atoms with van der Waals surface area (Å²) in [5.74, 6) is 0.822. The minimum absolute atomic E-state index is 0.126. The highest BCUT2D eigenvalue weighted by Gasteiger charge is 2.13. The highest BCUT2D eigenvalue weighted by atomic mass is 32.2. The summed E-state index contributed by atoms with van der Waals surface area (Å²) in [4.78, 5) is 0. The average Bonchev–Trinajstić information content (AvgIpc) is 2.72. The van der Waals surface area contributed by atoms with E-state index < -0.39 is 0 Å². The summed E-state index contributed by atoms with van der Waals surface area (Å²) >= 11 is 1.42. The van der Waals surface area contributed by atoms with Crippen LogP contribution < -0.4 is 0 Å². The fourth-order valence-corrected chi connectivity index (χ4v) is 2.26. The van der Waals surface area contributed by atoms with Gasteiger partial charge in [-0.05, 0) is 13.8 Å². The van der Waals surface area contributed by atoms with Crippen LogP contribution in [0.5, 0.6) is 0 Å². The van der Waals surface area contributed by atoms with E-state index in [1.54, 1.807) is 0 Å². The molecule has 18 heavy (non-hydrogen) atoms. The molecule has 0 saturated carbocycles. The van der Waals surface area contributed by atoms with Crippen molar-refractivity contribution in [1.82, 2.24) is 14.8 Å². The molecule has 0 N–H and O–H groups in total. The van der Waals surface area contributed by atoms with Gasteiger partial charge in [-0.2, -0.15) is 5.26 Å². The Kier molecular flexibility index (Phi) is 3.68. The van der Waals surface area contributed by atoms with Crippen molar-refractivity contribution in [3.63, 3.8) is 0 Å². The molecule has 0 fully saturated rings. The van der Waals surface area contributed by atoms with E-state index in [1.807, 2.05) is 30.7 Å². The van der Waals surface area contributed by atoms with Crippen molar-refractivity contribution < 1.29 is 0 Å². The molecule has 0 aliphatic heterocycles. The van der Waals surface area contributed by atoms with Gasteiger partial charge in [0.1, 0.15) is 0 Å². The Labute approximate surface area is 111 Å². The third kappa shape index (κ3) is 2.54. The van der Waals surface area contributed by atoms with Gasteiger partial charge in [0.25, 0.3) is 0 Å². The monoisotopic (exact) mass is 258 g/mol. The minimum Gasteiger partial charge on any atom is -0.305 e. The maximum atomic E-state index is 8.81. The minimum atomic E-state index is -0.126. The molecule has 1 unspecified atom stereocenters. The lowest BCUT2D eigenvalue weighted by Crippen LogP contribution is -1.98. The highest BCUT2D eigenvalue weighted by Crippen LogP contribution is 2.25. The van der Waals surface area contributed by atoms with Gasteiger partial charge >= 0.3 is 0 Å². The molecule has 0 amide bonds. The van der Waals surface area contributed by atoms with Crippen LogP contribution in [0.1, 0.15) is 12.5 Å². The Morgan fingerprint density at radius 1 is 1.28 bits per heavy atom. The van der Waals surface area contributed by atoms with Gasteiger partial charge in [-0.1, -0.05) is 41.6 Å². The van der Waals surface area contributed by atoms with Crippen molar-refractivity contribution in [2.24, 2.45) is 7.05 Å². The molecule has 0 bridgehead atoms. The van der Waals surface area contributed by atoms with Gasteiger partial charge in [0, 0.05) is 12.6 Å². The van der Waals surface area contributed by atoms with Crippen LogP contribution in [0.2, 0.25) is 0 Å². The molecule has 0 aliphatic carbocycles. The van der Waals surface area contributed by atoms with Gasteiger partial charge < -0.3 is 4.57 Å². The van der Waals surface area contributed by atoms with Crippen LogP contribution in [0.4, 0.5) is 0 Å². The van der Waals surface area contributed by atoms with Crippen LogP contribution in [0, 0.1) is 18.3 Å². The van der Waals surface area contributed by atoms with E-state index in [4.69, 9.17) is 5.26 Å². The van der Waals surface area contributed by atoms with Crippen molar-refractivity contribution in [3.05, 3.63) is 29.8 Å². The fraction of sp³-hybridized carbons (Fsp3) is 0.308. The Morgan fingerprint density at radius 2 is 1.94 bits per heavy atom. The predicted octanol–water partition coefficient (Wildman–Crippen LogP) is 2.79. The van der Waals surface area contributed by atoms with E-state index in [-0.39, 0.29) is 5.25 Å². The Hall–Kier alpha value is -1.80. The Morgan fingerprint density at radius 3 is 2.56 bits per heavy atom. The molecule has 1 aromatic heterocycles. The molecule has 4 nitrogen and oxygen atoms in total. The number of hydrogen-bond donors (Lipinski definition) is 0. The number of hydrogen-bond acceptors (Lipinski definition) is 4. The number of benzene rings is 1. The average molecular weight is 258 g/mol. The van der Waals surface area contributed by atoms with Gasteiger partial charge in [0.15, 0.2) is 11.0 Å². The van der Waals surface area contributed by atoms with Crippen LogP contribution in [-0.4, -0.2) is 20.0 Å². The van der Waals surface area contributed by atoms with E-state index in [9.17, 15) is 0 Å². The first-order valence-corrected chi connectivity index (χ1v) is 6.52. The molecule has 0 aliphatic rings. The van der Waals surface area contributed by atoms with Gasteiger partial charge in [0.05, 0.1) is 11.3 Å². The zero-order chi connectivity index (χ0) is 13.1. The third-order valence-electron chi connectivity index (χ3n) is 2.61. The van der Waals surface area contributed by atoms with Crippen molar-refractivity contribution in [3.8, 4) is 17.5 Å². The van der Waals surface area contributed by atoms with Gasteiger partial charge in [0.2, 0.25) is 0 Å². The first-order valence-electron chi connectivity index (χ1n) is 5.64. The number of thioether (sulfide) groups is 1. The number of nitrogens with zero attached hydrogens (tertiary/aromatic N) is 4. The third-order valence-corrected chi connectivity index (χ3v) is 3.63. The van der Waals surface area contributed by atoms with Crippen LogP contribution in [0.3, 0.4) is 0 Å². The zero-order valence-electron chi connectivity index (χ0n) is 10.6. The SMILES string of the molecule is Cc1ccc(-c2nnc(SC(C)C#N)n2C)cc1. The molecule has 1 aromatic carbocycles. The molecule has 0 radical (unpaired) electrons. The molecular weight excluding hydrogens is 244 g/mol. The topological polar surface area (TPSA) is 54.5 Å². The molecule has 2 rings (SSSR count). The normalized spacial score (nSPS) is 12.1. The second-order valence-corrected chi connectivity index (χ2v) is 5.43. The molecule has 5 heteroatoms. The lowest BCUT2D eigenvalue weighted by atomic mass is 10.1. The quantitative estimate of drug-likeness (QED) is 0.794. The summed E-state index contributed by atoms with van der Waals surface area (Å²) in [6.07, 6.45) is 0. The van der Waals surface area contributed by atoms with Crippen LogP contribution in [0.25, 0.3) is 11.4 Å². The van der Waals surface area contributed by atoms with E-state index >= 15 is 0 Å². The predicted molar refractivity (Wildman–Crippen MR) is 72.1 cm³/mol. The number of aryl methyl sites for hydroxylation is 1. The van der Waals surface area contributed by atoms with Crippen LogP contribution in [-0.2, 0) is 7.05 Å². The summed E-state index contributed by atoms with van der Waals surface area (Å²) in [5.41, 5.74) is 2.25. The van der Waals surface area contributed by atoms with Gasteiger partial charge in [-0.25, -0.2) is 0 Å². The number of aromatic nitrogens is 3. The van der Waals surface area contributed by atoms with Crippen molar-refractivity contribution in [1.29, 1.82) is 5.26 Å². The molecular formula is C13H14N4S. The van der Waals surface area contributed by atoms with Gasteiger partial charge in [-0.15, -0.1) is 10.2 Å². The summed E-state index contributed by atoms with van der Waals surface area (Å²) in [6, 6.07) is 10.3.